The number of hydrogen-bond donors (Lipinski definition) is 1. The van der Waals surface area contributed by atoms with Crippen molar-refractivity contribution in [2.24, 2.45) is 0 Å². The molecule has 78 valence electrons. The molecule has 0 aliphatic carbocycles. The van der Waals surface area contributed by atoms with Crippen LogP contribution in [0.3, 0.4) is 0 Å². The Hall–Kier alpha value is -0.610. The summed E-state index contributed by atoms with van der Waals surface area (Å²) in [6, 6.07) is 0. The van der Waals surface area contributed by atoms with Gasteiger partial charge in [0.1, 0.15) is 0 Å². The second kappa shape index (κ2) is 6.86. The number of esters is 1. The fraction of sp³-hybridized carbons (Fsp3) is 0.889. The summed E-state index contributed by atoms with van der Waals surface area (Å²) in [4.78, 5) is 12.8. The van der Waals surface area contributed by atoms with Crippen LogP contribution in [-0.4, -0.2) is 49.3 Å². The number of aliphatic hydroxyl groups excluding tert-OH is 1. The number of aliphatic hydroxyl groups is 1. The molecule has 4 nitrogen and oxygen atoms in total. The summed E-state index contributed by atoms with van der Waals surface area (Å²) >= 11 is 0. The van der Waals surface area contributed by atoms with Crippen LogP contribution in [0, 0.1) is 0 Å². The summed E-state index contributed by atoms with van der Waals surface area (Å²) in [7, 11) is 3.24. The minimum absolute atomic E-state index is 0.0740. The predicted octanol–water partition coefficient (Wildman–Crippen LogP) is 0.252. The second-order valence-electron chi connectivity index (χ2n) is 3.20. The van der Waals surface area contributed by atoms with Gasteiger partial charge in [0.15, 0.2) is 0 Å². The molecule has 0 aromatic heterocycles. The Balaban J connectivity index is 3.60. The Morgan fingerprint density at radius 2 is 2.23 bits per heavy atom. The lowest BCUT2D eigenvalue weighted by Crippen LogP contribution is -2.31. The summed E-state index contributed by atoms with van der Waals surface area (Å²) in [5.41, 5.74) is 0. The number of ether oxygens (including phenoxy) is 1. The number of carbonyl (C=O) groups excluding carboxylic acids is 1. The fourth-order valence-corrected chi connectivity index (χ4v) is 1.17. The van der Waals surface area contributed by atoms with E-state index in [9.17, 15) is 9.90 Å². The van der Waals surface area contributed by atoms with Crippen LogP contribution < -0.4 is 0 Å². The molecular formula is C9H19NO3. The quantitative estimate of drug-likeness (QED) is 0.609. The van der Waals surface area contributed by atoms with Crippen LogP contribution in [-0.2, 0) is 9.53 Å². The summed E-state index contributed by atoms with van der Waals surface area (Å²) in [5.74, 6) is -0.364. The number of likely N-dealkylation sites (N-methyl/N-ethyl adjacent to an activating group) is 1. The molecule has 0 fully saturated rings. The van der Waals surface area contributed by atoms with Gasteiger partial charge < -0.3 is 14.7 Å². The Labute approximate surface area is 79.5 Å². The van der Waals surface area contributed by atoms with Crippen LogP contribution in [0.1, 0.15) is 19.8 Å². The Bertz CT molecular complexity index is 150. The van der Waals surface area contributed by atoms with Crippen molar-refractivity contribution in [2.75, 3.05) is 27.2 Å². The van der Waals surface area contributed by atoms with E-state index in [0.717, 1.165) is 13.0 Å². The topological polar surface area (TPSA) is 49.8 Å². The highest BCUT2D eigenvalue weighted by molar-refractivity contribution is 5.69. The molecular weight excluding hydrogens is 170 g/mol. The van der Waals surface area contributed by atoms with Crippen molar-refractivity contribution in [2.45, 2.75) is 25.9 Å². The lowest BCUT2D eigenvalue weighted by atomic mass is 10.2. The molecule has 0 bridgehead atoms. The summed E-state index contributed by atoms with van der Waals surface area (Å²) in [6.07, 6.45) is 0.496. The average molecular weight is 189 g/mol. The molecule has 0 aliphatic rings. The van der Waals surface area contributed by atoms with Gasteiger partial charge in [-0.05, 0) is 20.0 Å². The van der Waals surface area contributed by atoms with Gasteiger partial charge in [0.05, 0.1) is 19.6 Å². The van der Waals surface area contributed by atoms with E-state index in [4.69, 9.17) is 0 Å². The molecule has 4 heteroatoms. The van der Waals surface area contributed by atoms with Crippen LogP contribution in [0.5, 0.6) is 0 Å². The van der Waals surface area contributed by atoms with Crippen molar-refractivity contribution in [3.05, 3.63) is 0 Å². The van der Waals surface area contributed by atoms with Crippen molar-refractivity contribution >= 4 is 5.97 Å². The Morgan fingerprint density at radius 3 is 2.69 bits per heavy atom. The molecule has 1 N–H and O–H groups in total. The molecule has 0 spiro atoms. The van der Waals surface area contributed by atoms with E-state index in [1.807, 2.05) is 11.9 Å². The van der Waals surface area contributed by atoms with Gasteiger partial charge in [-0.1, -0.05) is 6.92 Å². The number of methoxy groups -OCH3 is 1. The Kier molecular flexibility index (Phi) is 6.54. The van der Waals surface area contributed by atoms with Crippen molar-refractivity contribution in [3.8, 4) is 0 Å². The monoisotopic (exact) mass is 189 g/mol. The number of nitrogens with zero attached hydrogens (tertiary/aromatic N) is 1. The van der Waals surface area contributed by atoms with E-state index in [-0.39, 0.29) is 12.4 Å². The van der Waals surface area contributed by atoms with Crippen LogP contribution in [0.15, 0.2) is 0 Å². The number of hydrogen-bond acceptors (Lipinski definition) is 4. The third-order valence-electron chi connectivity index (χ3n) is 1.76. The minimum Gasteiger partial charge on any atom is -0.469 e. The molecule has 0 rings (SSSR count). The second-order valence-corrected chi connectivity index (χ2v) is 3.20. The highest BCUT2D eigenvalue weighted by Crippen LogP contribution is 1.97. The number of rotatable bonds is 6. The largest absolute Gasteiger partial charge is 0.469 e. The molecule has 0 aromatic rings. The van der Waals surface area contributed by atoms with Crippen LogP contribution in [0.25, 0.3) is 0 Å². The third kappa shape index (κ3) is 6.54. The molecule has 0 saturated carbocycles. The van der Waals surface area contributed by atoms with Crippen molar-refractivity contribution in [3.63, 3.8) is 0 Å². The van der Waals surface area contributed by atoms with E-state index in [1.54, 1.807) is 0 Å². The summed E-state index contributed by atoms with van der Waals surface area (Å²) in [5, 5.41) is 9.41. The zero-order chi connectivity index (χ0) is 10.3. The first-order chi connectivity index (χ1) is 6.10. The normalized spacial score (nSPS) is 13.0. The molecule has 0 heterocycles. The van der Waals surface area contributed by atoms with Crippen molar-refractivity contribution in [1.82, 2.24) is 4.90 Å². The minimum atomic E-state index is -0.621. The van der Waals surface area contributed by atoms with Crippen molar-refractivity contribution < 1.29 is 14.6 Å². The highest BCUT2D eigenvalue weighted by atomic mass is 16.5. The van der Waals surface area contributed by atoms with E-state index in [0.29, 0.717) is 6.54 Å². The van der Waals surface area contributed by atoms with Crippen LogP contribution in [0.4, 0.5) is 0 Å². The first kappa shape index (κ1) is 12.4. The van der Waals surface area contributed by atoms with Gasteiger partial charge in [0.2, 0.25) is 0 Å². The SMILES string of the molecule is CCCN(C)CC(O)CC(=O)OC. The molecule has 1 atom stereocenters. The maximum absolute atomic E-state index is 10.8. The van der Waals surface area contributed by atoms with Gasteiger partial charge >= 0.3 is 5.97 Å². The standard InChI is InChI=1S/C9H19NO3/c1-4-5-10(2)7-8(11)6-9(12)13-3/h8,11H,4-7H2,1-3H3. The predicted molar refractivity (Wildman–Crippen MR) is 50.4 cm³/mol. The molecule has 0 saturated heterocycles. The molecule has 0 radical (unpaired) electrons. The fourth-order valence-electron chi connectivity index (χ4n) is 1.17. The lowest BCUT2D eigenvalue weighted by Gasteiger charge is -2.18. The van der Waals surface area contributed by atoms with E-state index in [1.165, 1.54) is 7.11 Å². The van der Waals surface area contributed by atoms with Gasteiger partial charge in [-0.15, -0.1) is 0 Å². The zero-order valence-electron chi connectivity index (χ0n) is 8.62. The van der Waals surface area contributed by atoms with Gasteiger partial charge in [-0.2, -0.15) is 0 Å². The lowest BCUT2D eigenvalue weighted by molar-refractivity contribution is -0.143. The third-order valence-corrected chi connectivity index (χ3v) is 1.76. The summed E-state index contributed by atoms with van der Waals surface area (Å²) < 4.78 is 4.44. The first-order valence-electron chi connectivity index (χ1n) is 4.53. The van der Waals surface area contributed by atoms with Gasteiger partial charge in [0.25, 0.3) is 0 Å². The average Bonchev–Trinajstić information content (AvgIpc) is 2.04. The van der Waals surface area contributed by atoms with Crippen LogP contribution in [0.2, 0.25) is 0 Å². The Morgan fingerprint density at radius 1 is 1.62 bits per heavy atom. The smallest absolute Gasteiger partial charge is 0.308 e. The van der Waals surface area contributed by atoms with E-state index in [2.05, 4.69) is 11.7 Å². The van der Waals surface area contributed by atoms with Gasteiger partial charge in [-0.3, -0.25) is 4.79 Å². The molecule has 1 unspecified atom stereocenters. The molecule has 13 heavy (non-hydrogen) atoms. The zero-order valence-corrected chi connectivity index (χ0v) is 8.62. The molecule has 0 amide bonds. The first-order valence-corrected chi connectivity index (χ1v) is 4.53. The molecule has 0 aliphatic heterocycles. The number of carbonyl (C=O) groups is 1. The van der Waals surface area contributed by atoms with Crippen molar-refractivity contribution in [1.29, 1.82) is 0 Å². The summed E-state index contributed by atoms with van der Waals surface area (Å²) in [6.45, 7) is 3.52. The van der Waals surface area contributed by atoms with E-state index < -0.39 is 6.10 Å². The maximum atomic E-state index is 10.8. The molecule has 0 aromatic carbocycles. The van der Waals surface area contributed by atoms with E-state index >= 15 is 0 Å². The van der Waals surface area contributed by atoms with Gasteiger partial charge in [-0.25, -0.2) is 0 Å². The van der Waals surface area contributed by atoms with Gasteiger partial charge in [0, 0.05) is 6.54 Å². The highest BCUT2D eigenvalue weighted by Gasteiger charge is 2.12. The maximum Gasteiger partial charge on any atom is 0.308 e. The van der Waals surface area contributed by atoms with Crippen LogP contribution >= 0.6 is 0 Å².